The Bertz CT molecular complexity index is 899. The Morgan fingerprint density at radius 3 is 2.56 bits per heavy atom. The van der Waals surface area contributed by atoms with Crippen LogP contribution < -0.4 is 5.32 Å². The average molecular weight is 361 g/mol. The number of hydrogen-bond donors (Lipinski definition) is 1. The van der Waals surface area contributed by atoms with E-state index < -0.39 is 0 Å². The number of amides is 1. The molecule has 27 heavy (non-hydrogen) atoms. The molecule has 4 rings (SSSR count). The van der Waals surface area contributed by atoms with E-state index in [1.807, 2.05) is 61.6 Å². The smallest absolute Gasteiger partial charge is 0.251 e. The highest BCUT2D eigenvalue weighted by molar-refractivity contribution is 5.94. The van der Waals surface area contributed by atoms with Crippen molar-refractivity contribution in [3.8, 4) is 11.3 Å². The second-order valence-corrected chi connectivity index (χ2v) is 7.10. The molecule has 1 N–H and O–H groups in total. The maximum Gasteiger partial charge on any atom is 0.251 e. The lowest BCUT2D eigenvalue weighted by Gasteiger charge is -2.15. The molecule has 5 heteroatoms. The summed E-state index contributed by atoms with van der Waals surface area (Å²) in [4.78, 5) is 18.6. The number of hydrogen-bond acceptors (Lipinski definition) is 4. The van der Waals surface area contributed by atoms with Crippen molar-refractivity contribution in [2.75, 3.05) is 7.05 Å². The van der Waals surface area contributed by atoms with Crippen molar-refractivity contribution in [3.05, 3.63) is 77.8 Å². The van der Waals surface area contributed by atoms with E-state index in [-0.39, 0.29) is 5.91 Å². The van der Waals surface area contributed by atoms with Crippen LogP contribution in [-0.4, -0.2) is 28.9 Å². The molecule has 1 saturated carbocycles. The molecule has 1 aliphatic rings. The highest BCUT2D eigenvalue weighted by Crippen LogP contribution is 2.21. The third-order valence-corrected chi connectivity index (χ3v) is 4.60. The minimum atomic E-state index is 0.0191. The van der Waals surface area contributed by atoms with Crippen LogP contribution in [0, 0.1) is 0 Å². The molecule has 1 aliphatic carbocycles. The van der Waals surface area contributed by atoms with Gasteiger partial charge in [-0.3, -0.25) is 9.69 Å². The van der Waals surface area contributed by atoms with E-state index in [0.29, 0.717) is 24.0 Å². The lowest BCUT2D eigenvalue weighted by Crippen LogP contribution is -2.25. The van der Waals surface area contributed by atoms with Gasteiger partial charge in [0.05, 0.1) is 12.7 Å². The fourth-order valence-electron chi connectivity index (χ4n) is 2.98. The summed E-state index contributed by atoms with van der Waals surface area (Å²) in [7, 11) is 2.03. The van der Waals surface area contributed by atoms with E-state index in [9.17, 15) is 4.79 Å². The van der Waals surface area contributed by atoms with Gasteiger partial charge in [-0.15, -0.1) is 0 Å². The summed E-state index contributed by atoms with van der Waals surface area (Å²) in [6, 6.07) is 18.1. The molecule has 1 aromatic heterocycles. The van der Waals surface area contributed by atoms with Gasteiger partial charge in [0, 0.05) is 23.7 Å². The van der Waals surface area contributed by atoms with E-state index >= 15 is 0 Å². The summed E-state index contributed by atoms with van der Waals surface area (Å²) in [5, 5.41) is 3.01. The van der Waals surface area contributed by atoms with Crippen LogP contribution in [0.15, 0.2) is 65.2 Å². The summed E-state index contributed by atoms with van der Waals surface area (Å²) >= 11 is 0. The average Bonchev–Trinajstić information content (AvgIpc) is 3.38. The maximum absolute atomic E-state index is 12.0. The van der Waals surface area contributed by atoms with E-state index in [1.54, 1.807) is 6.20 Å². The zero-order chi connectivity index (χ0) is 18.6. The fourth-order valence-corrected chi connectivity index (χ4v) is 2.98. The van der Waals surface area contributed by atoms with Gasteiger partial charge in [0.2, 0.25) is 5.89 Å². The third kappa shape index (κ3) is 4.63. The van der Waals surface area contributed by atoms with Crippen LogP contribution in [-0.2, 0) is 13.1 Å². The number of benzene rings is 2. The second kappa shape index (κ2) is 7.76. The van der Waals surface area contributed by atoms with Crippen LogP contribution in [0.25, 0.3) is 11.3 Å². The van der Waals surface area contributed by atoms with E-state index in [2.05, 4.69) is 15.2 Å². The van der Waals surface area contributed by atoms with Gasteiger partial charge in [0.1, 0.15) is 0 Å². The number of carbonyl (C=O) groups excluding carboxylic acids is 1. The van der Waals surface area contributed by atoms with Crippen LogP contribution >= 0.6 is 0 Å². The van der Waals surface area contributed by atoms with Gasteiger partial charge in [-0.05, 0) is 37.6 Å². The number of carbonyl (C=O) groups is 1. The molecule has 2 aromatic carbocycles. The predicted octanol–water partition coefficient (Wildman–Crippen LogP) is 3.87. The zero-order valence-electron chi connectivity index (χ0n) is 15.4. The van der Waals surface area contributed by atoms with Gasteiger partial charge in [0.25, 0.3) is 5.91 Å². The number of nitrogens with one attached hydrogen (secondary N) is 1. The molecule has 1 heterocycles. The van der Waals surface area contributed by atoms with Gasteiger partial charge in [-0.25, -0.2) is 4.98 Å². The molecule has 1 amide bonds. The van der Waals surface area contributed by atoms with Crippen LogP contribution in [0.3, 0.4) is 0 Å². The minimum Gasteiger partial charge on any atom is -0.439 e. The Morgan fingerprint density at radius 1 is 1.11 bits per heavy atom. The SMILES string of the molecule is CN(Cc1ccc(C(=O)NC2CC2)cc1)Cc1ncc(-c2ccccc2)o1. The van der Waals surface area contributed by atoms with Crippen LogP contribution in [0.4, 0.5) is 0 Å². The van der Waals surface area contributed by atoms with Gasteiger partial charge >= 0.3 is 0 Å². The first-order valence-electron chi connectivity index (χ1n) is 9.26. The molecule has 5 nitrogen and oxygen atoms in total. The van der Waals surface area contributed by atoms with Crippen molar-refractivity contribution in [1.82, 2.24) is 15.2 Å². The Hall–Kier alpha value is -2.92. The Balaban J connectivity index is 1.33. The summed E-state index contributed by atoms with van der Waals surface area (Å²) in [6.07, 6.45) is 3.97. The molecule has 0 aliphatic heterocycles. The van der Waals surface area contributed by atoms with Crippen molar-refractivity contribution >= 4 is 5.91 Å². The highest BCUT2D eigenvalue weighted by atomic mass is 16.4. The molecule has 0 bridgehead atoms. The van der Waals surface area contributed by atoms with Gasteiger partial charge in [-0.1, -0.05) is 42.5 Å². The van der Waals surface area contributed by atoms with Crippen molar-refractivity contribution in [2.45, 2.75) is 32.0 Å². The van der Waals surface area contributed by atoms with E-state index in [1.165, 1.54) is 0 Å². The molecular weight excluding hydrogens is 338 g/mol. The zero-order valence-corrected chi connectivity index (χ0v) is 15.4. The van der Waals surface area contributed by atoms with E-state index in [0.717, 1.165) is 36.3 Å². The monoisotopic (exact) mass is 361 g/mol. The Kier molecular flexibility index (Phi) is 5.03. The van der Waals surface area contributed by atoms with Gasteiger partial charge < -0.3 is 9.73 Å². The van der Waals surface area contributed by atoms with Crippen LogP contribution in [0.5, 0.6) is 0 Å². The molecular formula is C22H23N3O2. The van der Waals surface area contributed by atoms with Crippen LogP contribution in [0.2, 0.25) is 0 Å². The lowest BCUT2D eigenvalue weighted by molar-refractivity contribution is 0.0951. The summed E-state index contributed by atoms with van der Waals surface area (Å²) in [5.74, 6) is 1.49. The first kappa shape index (κ1) is 17.5. The van der Waals surface area contributed by atoms with Gasteiger partial charge in [-0.2, -0.15) is 0 Å². The van der Waals surface area contributed by atoms with Crippen molar-refractivity contribution in [2.24, 2.45) is 0 Å². The molecule has 1 fully saturated rings. The normalized spacial score (nSPS) is 13.7. The van der Waals surface area contributed by atoms with Gasteiger partial charge in [0.15, 0.2) is 5.76 Å². The summed E-state index contributed by atoms with van der Waals surface area (Å²) < 4.78 is 5.87. The number of aromatic nitrogens is 1. The Labute approximate surface area is 159 Å². The first-order chi connectivity index (χ1) is 13.2. The quantitative estimate of drug-likeness (QED) is 0.694. The standard InChI is InChI=1S/C22H23N3O2/c1-25(15-21-23-13-20(27-21)17-5-3-2-4-6-17)14-16-7-9-18(10-8-16)22(26)24-19-11-12-19/h2-10,13,19H,11-12,14-15H2,1H3,(H,24,26). The molecule has 0 radical (unpaired) electrons. The molecule has 3 aromatic rings. The van der Waals surface area contributed by atoms with Crippen molar-refractivity contribution in [3.63, 3.8) is 0 Å². The summed E-state index contributed by atoms with van der Waals surface area (Å²) in [6.45, 7) is 1.38. The summed E-state index contributed by atoms with van der Waals surface area (Å²) in [5.41, 5.74) is 2.89. The molecule has 0 atom stereocenters. The molecule has 0 unspecified atom stereocenters. The fraction of sp³-hybridized carbons (Fsp3) is 0.273. The Morgan fingerprint density at radius 2 is 1.85 bits per heavy atom. The van der Waals surface area contributed by atoms with Crippen molar-refractivity contribution < 1.29 is 9.21 Å². The third-order valence-electron chi connectivity index (χ3n) is 4.60. The number of nitrogens with zero attached hydrogens (tertiary/aromatic N) is 2. The number of oxazole rings is 1. The first-order valence-corrected chi connectivity index (χ1v) is 9.26. The van der Waals surface area contributed by atoms with Crippen molar-refractivity contribution in [1.29, 1.82) is 0 Å². The largest absolute Gasteiger partial charge is 0.439 e. The topological polar surface area (TPSA) is 58.4 Å². The maximum atomic E-state index is 12.0. The predicted molar refractivity (Wildman–Crippen MR) is 104 cm³/mol. The molecule has 0 spiro atoms. The lowest BCUT2D eigenvalue weighted by atomic mass is 10.1. The molecule has 0 saturated heterocycles. The highest BCUT2D eigenvalue weighted by Gasteiger charge is 2.23. The minimum absolute atomic E-state index is 0.0191. The molecule has 138 valence electrons. The van der Waals surface area contributed by atoms with Crippen LogP contribution in [0.1, 0.15) is 34.7 Å². The second-order valence-electron chi connectivity index (χ2n) is 7.10. The number of rotatable bonds is 7. The van der Waals surface area contributed by atoms with E-state index in [4.69, 9.17) is 4.42 Å².